The Balaban J connectivity index is 1.34. The van der Waals surface area contributed by atoms with E-state index in [4.69, 9.17) is 9.47 Å². The molecule has 0 amide bonds. The zero-order valence-electron chi connectivity index (χ0n) is 17.5. The molecular weight excluding hydrogens is 392 g/mol. The van der Waals surface area contributed by atoms with Gasteiger partial charge in [0.2, 0.25) is 0 Å². The van der Waals surface area contributed by atoms with E-state index in [1.807, 2.05) is 97.1 Å². The van der Waals surface area contributed by atoms with Crippen LogP contribution in [0.25, 0.3) is 22.3 Å². The van der Waals surface area contributed by atoms with Crippen LogP contribution in [-0.4, -0.2) is 0 Å². The van der Waals surface area contributed by atoms with Crippen molar-refractivity contribution >= 4 is 0 Å². The Bertz CT molecular complexity index is 1210. The topological polar surface area (TPSA) is 18.5 Å². The van der Waals surface area contributed by atoms with Crippen LogP contribution < -0.4 is 9.47 Å². The Morgan fingerprint density at radius 1 is 0.281 bits per heavy atom. The predicted molar refractivity (Wildman–Crippen MR) is 130 cm³/mol. The molecule has 0 aliphatic carbocycles. The summed E-state index contributed by atoms with van der Waals surface area (Å²) in [5.74, 6) is 3.03. The van der Waals surface area contributed by atoms with E-state index < -0.39 is 0 Å². The number of ether oxygens (including phenoxy) is 2. The molecule has 0 saturated heterocycles. The summed E-state index contributed by atoms with van der Waals surface area (Å²) in [5, 5.41) is 0. The second-order valence-corrected chi connectivity index (χ2v) is 7.47. The molecule has 5 aromatic carbocycles. The molecule has 0 N–H and O–H groups in total. The van der Waals surface area contributed by atoms with E-state index >= 15 is 0 Å². The SMILES string of the molecule is c1ccc(-c2cccc(Oc3cccc(Oc4cccc(-c5ccccc5)c4)c3)c2)cc1. The quantitative estimate of drug-likeness (QED) is 0.277. The lowest BCUT2D eigenvalue weighted by molar-refractivity contribution is 0.460. The van der Waals surface area contributed by atoms with Crippen LogP contribution in [0, 0.1) is 0 Å². The molecule has 0 spiro atoms. The molecule has 0 saturated carbocycles. The summed E-state index contributed by atoms with van der Waals surface area (Å²) < 4.78 is 12.3. The van der Waals surface area contributed by atoms with Gasteiger partial charge in [0, 0.05) is 6.07 Å². The molecule has 0 radical (unpaired) electrons. The third-order valence-corrected chi connectivity index (χ3v) is 5.16. The van der Waals surface area contributed by atoms with Crippen LogP contribution in [-0.2, 0) is 0 Å². The van der Waals surface area contributed by atoms with Crippen molar-refractivity contribution in [3.8, 4) is 45.3 Å². The highest BCUT2D eigenvalue weighted by molar-refractivity contribution is 5.66. The molecule has 0 unspecified atom stereocenters. The van der Waals surface area contributed by atoms with Crippen molar-refractivity contribution < 1.29 is 9.47 Å². The van der Waals surface area contributed by atoms with Gasteiger partial charge in [0.15, 0.2) is 0 Å². The smallest absolute Gasteiger partial charge is 0.131 e. The molecule has 5 rings (SSSR count). The highest BCUT2D eigenvalue weighted by Crippen LogP contribution is 2.32. The summed E-state index contributed by atoms with van der Waals surface area (Å²) in [6.07, 6.45) is 0. The van der Waals surface area contributed by atoms with Gasteiger partial charge in [-0.25, -0.2) is 0 Å². The minimum atomic E-state index is 0.729. The van der Waals surface area contributed by atoms with E-state index in [9.17, 15) is 0 Å². The molecule has 0 aliphatic rings. The summed E-state index contributed by atoms with van der Waals surface area (Å²) in [7, 11) is 0. The van der Waals surface area contributed by atoms with Crippen LogP contribution in [0.5, 0.6) is 23.0 Å². The Kier molecular flexibility index (Phi) is 5.67. The molecule has 154 valence electrons. The molecule has 5 aromatic rings. The monoisotopic (exact) mass is 414 g/mol. The molecule has 0 atom stereocenters. The first-order valence-corrected chi connectivity index (χ1v) is 10.6. The number of benzene rings is 5. The molecule has 2 nitrogen and oxygen atoms in total. The normalized spacial score (nSPS) is 10.5. The van der Waals surface area contributed by atoms with Gasteiger partial charge in [-0.15, -0.1) is 0 Å². The number of hydrogen-bond acceptors (Lipinski definition) is 2. The average molecular weight is 415 g/mol. The highest BCUT2D eigenvalue weighted by atomic mass is 16.5. The van der Waals surface area contributed by atoms with Crippen molar-refractivity contribution in [2.45, 2.75) is 0 Å². The van der Waals surface area contributed by atoms with Crippen molar-refractivity contribution in [1.82, 2.24) is 0 Å². The predicted octanol–water partition coefficient (Wildman–Crippen LogP) is 8.61. The Hall–Kier alpha value is -4.30. The third-order valence-electron chi connectivity index (χ3n) is 5.16. The van der Waals surface area contributed by atoms with E-state index in [0.29, 0.717) is 0 Å². The highest BCUT2D eigenvalue weighted by Gasteiger charge is 2.05. The van der Waals surface area contributed by atoms with E-state index in [0.717, 1.165) is 45.3 Å². The summed E-state index contributed by atoms with van der Waals surface area (Å²) >= 11 is 0. The van der Waals surface area contributed by atoms with Crippen molar-refractivity contribution in [1.29, 1.82) is 0 Å². The van der Waals surface area contributed by atoms with Gasteiger partial charge < -0.3 is 9.47 Å². The van der Waals surface area contributed by atoms with Gasteiger partial charge >= 0.3 is 0 Å². The Morgan fingerprint density at radius 3 is 1.06 bits per heavy atom. The van der Waals surface area contributed by atoms with E-state index in [2.05, 4.69) is 36.4 Å². The molecule has 0 aromatic heterocycles. The van der Waals surface area contributed by atoms with Gasteiger partial charge in [-0.3, -0.25) is 0 Å². The molecule has 0 heterocycles. The van der Waals surface area contributed by atoms with Gasteiger partial charge in [-0.05, 0) is 58.7 Å². The number of rotatable bonds is 6. The minimum absolute atomic E-state index is 0.729. The lowest BCUT2D eigenvalue weighted by Gasteiger charge is -2.11. The summed E-state index contributed by atoms with van der Waals surface area (Å²) in [6, 6.07) is 44.5. The molecule has 2 heteroatoms. The fourth-order valence-corrected chi connectivity index (χ4v) is 3.61. The van der Waals surface area contributed by atoms with Crippen LogP contribution in [0.4, 0.5) is 0 Å². The van der Waals surface area contributed by atoms with Crippen LogP contribution in [0.1, 0.15) is 0 Å². The maximum absolute atomic E-state index is 6.13. The van der Waals surface area contributed by atoms with Crippen molar-refractivity contribution in [3.63, 3.8) is 0 Å². The van der Waals surface area contributed by atoms with Crippen molar-refractivity contribution in [3.05, 3.63) is 133 Å². The second kappa shape index (κ2) is 9.23. The molecule has 0 fully saturated rings. The van der Waals surface area contributed by atoms with Crippen LogP contribution in [0.15, 0.2) is 133 Å². The lowest BCUT2D eigenvalue weighted by atomic mass is 10.1. The van der Waals surface area contributed by atoms with Gasteiger partial charge in [-0.1, -0.05) is 91.0 Å². The van der Waals surface area contributed by atoms with Crippen LogP contribution >= 0.6 is 0 Å². The van der Waals surface area contributed by atoms with Crippen LogP contribution in [0.2, 0.25) is 0 Å². The Labute approximate surface area is 188 Å². The maximum Gasteiger partial charge on any atom is 0.131 e. The van der Waals surface area contributed by atoms with Crippen LogP contribution in [0.3, 0.4) is 0 Å². The number of hydrogen-bond donors (Lipinski definition) is 0. The summed E-state index contributed by atoms with van der Waals surface area (Å²) in [5.41, 5.74) is 4.56. The van der Waals surface area contributed by atoms with E-state index in [-0.39, 0.29) is 0 Å². The molecule has 0 aliphatic heterocycles. The van der Waals surface area contributed by atoms with Crippen molar-refractivity contribution in [2.75, 3.05) is 0 Å². The standard InChI is InChI=1S/C30H22O2/c1-3-10-23(11-4-1)25-14-7-16-27(20-25)31-29-18-9-19-30(22-29)32-28-17-8-15-26(21-28)24-12-5-2-6-13-24/h1-22H. The first-order valence-electron chi connectivity index (χ1n) is 10.6. The van der Waals surface area contributed by atoms with E-state index in [1.165, 1.54) is 0 Å². The fraction of sp³-hybridized carbons (Fsp3) is 0. The van der Waals surface area contributed by atoms with Gasteiger partial charge in [0.25, 0.3) is 0 Å². The minimum Gasteiger partial charge on any atom is -0.457 e. The summed E-state index contributed by atoms with van der Waals surface area (Å²) in [4.78, 5) is 0. The summed E-state index contributed by atoms with van der Waals surface area (Å²) in [6.45, 7) is 0. The van der Waals surface area contributed by atoms with Gasteiger partial charge in [0.05, 0.1) is 0 Å². The lowest BCUT2D eigenvalue weighted by Crippen LogP contribution is -1.88. The van der Waals surface area contributed by atoms with Gasteiger partial charge in [-0.2, -0.15) is 0 Å². The molecule has 0 bridgehead atoms. The van der Waals surface area contributed by atoms with Crippen molar-refractivity contribution in [2.24, 2.45) is 0 Å². The molecule has 32 heavy (non-hydrogen) atoms. The first-order chi connectivity index (χ1) is 15.8. The van der Waals surface area contributed by atoms with Gasteiger partial charge in [0.1, 0.15) is 23.0 Å². The first kappa shape index (κ1) is 19.7. The third kappa shape index (κ3) is 4.71. The van der Waals surface area contributed by atoms with E-state index in [1.54, 1.807) is 0 Å². The fourth-order valence-electron chi connectivity index (χ4n) is 3.61. The zero-order chi connectivity index (χ0) is 21.6. The Morgan fingerprint density at radius 2 is 0.625 bits per heavy atom. The largest absolute Gasteiger partial charge is 0.457 e. The zero-order valence-corrected chi connectivity index (χ0v) is 17.5. The molecular formula is C30H22O2. The average Bonchev–Trinajstić information content (AvgIpc) is 2.86. The maximum atomic E-state index is 6.13. The second-order valence-electron chi connectivity index (χ2n) is 7.47.